The van der Waals surface area contributed by atoms with Crippen molar-refractivity contribution in [2.45, 2.75) is 39.2 Å². The van der Waals surface area contributed by atoms with Crippen molar-refractivity contribution >= 4 is 33.2 Å². The molecule has 0 unspecified atom stereocenters. The van der Waals surface area contributed by atoms with Gasteiger partial charge in [-0.2, -0.15) is 0 Å². The molecule has 0 saturated carbocycles. The van der Waals surface area contributed by atoms with E-state index in [-0.39, 0.29) is 0 Å². The first-order chi connectivity index (χ1) is 10.2. The summed E-state index contributed by atoms with van der Waals surface area (Å²) < 4.78 is 1.08. The second kappa shape index (κ2) is 8.45. The minimum atomic E-state index is 0.760. The number of nitrogens with one attached hydrogen (secondary N) is 1. The molecular formula is C18H21BrClN. The highest BCUT2D eigenvalue weighted by molar-refractivity contribution is 9.10. The van der Waals surface area contributed by atoms with E-state index in [0.29, 0.717) is 0 Å². The number of aryl methyl sites for hydroxylation is 1. The van der Waals surface area contributed by atoms with Crippen LogP contribution in [0, 0.1) is 0 Å². The highest BCUT2D eigenvalue weighted by Gasteiger charge is 2.01. The van der Waals surface area contributed by atoms with Crippen molar-refractivity contribution in [3.63, 3.8) is 0 Å². The largest absolute Gasteiger partial charge is 0.381 e. The van der Waals surface area contributed by atoms with Crippen LogP contribution in [0.3, 0.4) is 0 Å². The topological polar surface area (TPSA) is 12.0 Å². The molecule has 0 bridgehead atoms. The maximum absolute atomic E-state index is 6.03. The molecular weight excluding hydrogens is 346 g/mol. The Morgan fingerprint density at radius 3 is 2.52 bits per heavy atom. The van der Waals surface area contributed by atoms with Gasteiger partial charge in [0.25, 0.3) is 0 Å². The molecule has 0 spiro atoms. The Morgan fingerprint density at radius 1 is 1.05 bits per heavy atom. The molecule has 0 aliphatic heterocycles. The number of hydrogen-bond donors (Lipinski definition) is 1. The van der Waals surface area contributed by atoms with Gasteiger partial charge in [0.2, 0.25) is 0 Å². The Kier molecular flexibility index (Phi) is 6.59. The monoisotopic (exact) mass is 365 g/mol. The summed E-state index contributed by atoms with van der Waals surface area (Å²) in [5.74, 6) is 0. The molecule has 0 fully saturated rings. The SMILES string of the molecule is CCCCCc1ccc(NCc2cc(Cl)ccc2Br)cc1. The van der Waals surface area contributed by atoms with Gasteiger partial charge in [-0.15, -0.1) is 0 Å². The average Bonchev–Trinajstić information content (AvgIpc) is 2.50. The molecule has 2 rings (SSSR count). The summed E-state index contributed by atoms with van der Waals surface area (Å²) in [6.45, 7) is 3.00. The van der Waals surface area contributed by atoms with Crippen LogP contribution in [0.15, 0.2) is 46.9 Å². The zero-order chi connectivity index (χ0) is 15.1. The lowest BCUT2D eigenvalue weighted by Gasteiger charge is -2.09. The summed E-state index contributed by atoms with van der Waals surface area (Å²) in [6, 6.07) is 14.6. The normalized spacial score (nSPS) is 10.6. The quantitative estimate of drug-likeness (QED) is 0.555. The predicted octanol–water partition coefficient (Wildman–Crippen LogP) is 6.45. The second-order valence-corrected chi connectivity index (χ2v) is 6.53. The fraction of sp³-hybridized carbons (Fsp3) is 0.333. The van der Waals surface area contributed by atoms with E-state index < -0.39 is 0 Å². The Hall–Kier alpha value is -0.990. The summed E-state index contributed by atoms with van der Waals surface area (Å²) in [4.78, 5) is 0. The van der Waals surface area contributed by atoms with Crippen molar-refractivity contribution in [3.8, 4) is 0 Å². The van der Waals surface area contributed by atoms with Crippen LogP contribution < -0.4 is 5.32 Å². The van der Waals surface area contributed by atoms with Crippen LogP contribution in [0.4, 0.5) is 5.69 Å². The van der Waals surface area contributed by atoms with E-state index in [1.165, 1.54) is 31.2 Å². The summed E-state index contributed by atoms with van der Waals surface area (Å²) in [5.41, 5.74) is 3.72. The Balaban J connectivity index is 1.90. The molecule has 3 heteroatoms. The summed E-state index contributed by atoms with van der Waals surface area (Å²) in [5, 5.41) is 4.20. The Morgan fingerprint density at radius 2 is 1.81 bits per heavy atom. The number of benzene rings is 2. The van der Waals surface area contributed by atoms with Crippen LogP contribution in [0.1, 0.15) is 37.3 Å². The van der Waals surface area contributed by atoms with Gasteiger partial charge < -0.3 is 5.32 Å². The van der Waals surface area contributed by atoms with Gasteiger partial charge >= 0.3 is 0 Å². The molecule has 1 N–H and O–H groups in total. The molecule has 2 aromatic rings. The van der Waals surface area contributed by atoms with Crippen LogP contribution in [0.25, 0.3) is 0 Å². The number of unbranched alkanes of at least 4 members (excludes halogenated alkanes) is 2. The van der Waals surface area contributed by atoms with Crippen LogP contribution >= 0.6 is 27.5 Å². The van der Waals surface area contributed by atoms with Gasteiger partial charge in [0.15, 0.2) is 0 Å². The molecule has 0 aliphatic rings. The third-order valence-electron chi connectivity index (χ3n) is 3.51. The summed E-state index contributed by atoms with van der Waals surface area (Å²) in [6.07, 6.45) is 5.03. The molecule has 0 aromatic heterocycles. The van der Waals surface area contributed by atoms with E-state index in [1.54, 1.807) is 0 Å². The standard InChI is InChI=1S/C18H21BrClN/c1-2-3-4-5-14-6-9-17(10-7-14)21-13-15-12-16(20)8-11-18(15)19/h6-12,21H,2-5,13H2,1H3. The van der Waals surface area contributed by atoms with E-state index in [2.05, 4.69) is 52.4 Å². The molecule has 21 heavy (non-hydrogen) atoms. The number of rotatable bonds is 7. The molecule has 0 aliphatic carbocycles. The zero-order valence-electron chi connectivity index (χ0n) is 12.3. The van der Waals surface area contributed by atoms with Gasteiger partial charge in [-0.3, -0.25) is 0 Å². The van der Waals surface area contributed by atoms with Crippen LogP contribution in [-0.4, -0.2) is 0 Å². The lowest BCUT2D eigenvalue weighted by molar-refractivity contribution is 0.717. The van der Waals surface area contributed by atoms with Crippen molar-refractivity contribution in [3.05, 3.63) is 63.1 Å². The molecule has 0 amide bonds. The Bertz CT molecular complexity index is 566. The summed E-state index contributed by atoms with van der Waals surface area (Å²) in [7, 11) is 0. The average molecular weight is 367 g/mol. The first-order valence-electron chi connectivity index (χ1n) is 7.46. The lowest BCUT2D eigenvalue weighted by atomic mass is 10.1. The molecule has 0 heterocycles. The molecule has 1 nitrogen and oxygen atoms in total. The number of halogens is 2. The van der Waals surface area contributed by atoms with E-state index in [1.807, 2.05) is 18.2 Å². The van der Waals surface area contributed by atoms with Gasteiger partial charge in [0.1, 0.15) is 0 Å². The molecule has 2 aromatic carbocycles. The van der Waals surface area contributed by atoms with Crippen molar-refractivity contribution in [1.29, 1.82) is 0 Å². The van der Waals surface area contributed by atoms with Gasteiger partial charge in [-0.1, -0.05) is 59.4 Å². The van der Waals surface area contributed by atoms with Gasteiger partial charge in [0.05, 0.1) is 0 Å². The minimum absolute atomic E-state index is 0.760. The zero-order valence-corrected chi connectivity index (χ0v) is 14.7. The van der Waals surface area contributed by atoms with E-state index in [0.717, 1.165) is 27.3 Å². The van der Waals surface area contributed by atoms with Crippen molar-refractivity contribution < 1.29 is 0 Å². The van der Waals surface area contributed by atoms with Gasteiger partial charge in [0, 0.05) is 21.7 Å². The van der Waals surface area contributed by atoms with Crippen LogP contribution in [0.2, 0.25) is 5.02 Å². The number of hydrogen-bond acceptors (Lipinski definition) is 1. The third kappa shape index (κ3) is 5.37. The molecule has 0 atom stereocenters. The van der Waals surface area contributed by atoms with E-state index in [9.17, 15) is 0 Å². The maximum atomic E-state index is 6.03. The Labute approximate surface area is 140 Å². The highest BCUT2D eigenvalue weighted by atomic mass is 79.9. The van der Waals surface area contributed by atoms with Crippen molar-refractivity contribution in [1.82, 2.24) is 0 Å². The first kappa shape index (κ1) is 16.4. The smallest absolute Gasteiger partial charge is 0.0412 e. The number of anilines is 1. The first-order valence-corrected chi connectivity index (χ1v) is 8.63. The fourth-order valence-electron chi connectivity index (χ4n) is 2.24. The van der Waals surface area contributed by atoms with Gasteiger partial charge in [-0.25, -0.2) is 0 Å². The van der Waals surface area contributed by atoms with E-state index in [4.69, 9.17) is 11.6 Å². The second-order valence-electron chi connectivity index (χ2n) is 5.24. The predicted molar refractivity (Wildman–Crippen MR) is 96.1 cm³/mol. The molecule has 0 radical (unpaired) electrons. The molecule has 0 saturated heterocycles. The van der Waals surface area contributed by atoms with Crippen LogP contribution in [0.5, 0.6) is 0 Å². The van der Waals surface area contributed by atoms with E-state index >= 15 is 0 Å². The molecule has 112 valence electrons. The van der Waals surface area contributed by atoms with Crippen molar-refractivity contribution in [2.24, 2.45) is 0 Å². The third-order valence-corrected chi connectivity index (χ3v) is 4.52. The van der Waals surface area contributed by atoms with Crippen molar-refractivity contribution in [2.75, 3.05) is 5.32 Å². The minimum Gasteiger partial charge on any atom is -0.381 e. The van der Waals surface area contributed by atoms with Gasteiger partial charge in [-0.05, 0) is 54.3 Å². The highest BCUT2D eigenvalue weighted by Crippen LogP contribution is 2.22. The van der Waals surface area contributed by atoms with Crippen LogP contribution in [-0.2, 0) is 13.0 Å². The maximum Gasteiger partial charge on any atom is 0.0412 e. The fourth-order valence-corrected chi connectivity index (χ4v) is 2.83. The lowest BCUT2D eigenvalue weighted by Crippen LogP contribution is -2.00. The summed E-state index contributed by atoms with van der Waals surface area (Å²) >= 11 is 9.58.